The molecule has 0 aliphatic heterocycles. The van der Waals surface area contributed by atoms with E-state index in [2.05, 4.69) is 0 Å². The molecule has 14 heavy (non-hydrogen) atoms. The van der Waals surface area contributed by atoms with Gasteiger partial charge in [-0.05, 0) is 12.8 Å². The summed E-state index contributed by atoms with van der Waals surface area (Å²) >= 11 is 0. The van der Waals surface area contributed by atoms with Gasteiger partial charge in [-0.3, -0.25) is 4.79 Å². The highest BCUT2D eigenvalue weighted by molar-refractivity contribution is 6.07. The van der Waals surface area contributed by atoms with E-state index < -0.39 is 30.3 Å². The number of aliphatic carboxylic acids is 1. The van der Waals surface area contributed by atoms with Crippen LogP contribution < -0.4 is 0 Å². The number of ketones is 1. The Balaban J connectivity index is 4.71. The van der Waals surface area contributed by atoms with Crippen LogP contribution in [0, 0.1) is 0 Å². The fraction of sp³-hybridized carbons (Fsp3) is 0.750. The molecule has 0 amide bonds. The van der Waals surface area contributed by atoms with Gasteiger partial charge in [-0.2, -0.15) is 0 Å². The normalized spacial score (nSPS) is 15.2. The summed E-state index contributed by atoms with van der Waals surface area (Å²) in [6.45, 7) is 1.63. The SMILES string of the molecule is CCCCC(F)(C(=O)O)C(=O)C(F)F. The molecular weight excluding hydrogens is 201 g/mol. The van der Waals surface area contributed by atoms with E-state index in [-0.39, 0.29) is 6.42 Å². The lowest BCUT2D eigenvalue weighted by Gasteiger charge is -2.17. The number of halogens is 3. The average molecular weight is 212 g/mol. The molecule has 0 rings (SSSR count). The molecule has 1 atom stereocenters. The predicted molar refractivity (Wildman–Crippen MR) is 42.0 cm³/mol. The van der Waals surface area contributed by atoms with E-state index in [1.807, 2.05) is 0 Å². The quantitative estimate of drug-likeness (QED) is 0.683. The molecule has 0 fully saturated rings. The fourth-order valence-electron chi connectivity index (χ4n) is 0.929. The summed E-state index contributed by atoms with van der Waals surface area (Å²) in [5.74, 6) is -4.31. The Morgan fingerprint density at radius 2 is 1.93 bits per heavy atom. The van der Waals surface area contributed by atoms with Gasteiger partial charge < -0.3 is 5.11 Å². The number of rotatable bonds is 6. The Hall–Kier alpha value is -1.07. The Morgan fingerprint density at radius 3 is 2.21 bits per heavy atom. The van der Waals surface area contributed by atoms with Gasteiger partial charge in [0.25, 0.3) is 12.1 Å². The zero-order valence-corrected chi connectivity index (χ0v) is 7.60. The molecule has 0 saturated heterocycles. The molecule has 3 nitrogen and oxygen atoms in total. The van der Waals surface area contributed by atoms with Crippen LogP contribution in [0.4, 0.5) is 13.2 Å². The lowest BCUT2D eigenvalue weighted by Crippen LogP contribution is -2.45. The van der Waals surface area contributed by atoms with Crippen molar-refractivity contribution in [2.75, 3.05) is 0 Å². The smallest absolute Gasteiger partial charge is 0.349 e. The molecule has 0 spiro atoms. The number of unbranched alkanes of at least 4 members (excludes halogenated alkanes) is 1. The molecule has 0 aliphatic carbocycles. The topological polar surface area (TPSA) is 54.4 Å². The molecule has 1 N–H and O–H groups in total. The van der Waals surface area contributed by atoms with Crippen molar-refractivity contribution in [1.29, 1.82) is 0 Å². The van der Waals surface area contributed by atoms with Crippen LogP contribution in [0.5, 0.6) is 0 Å². The maximum absolute atomic E-state index is 13.3. The van der Waals surface area contributed by atoms with Crippen molar-refractivity contribution in [2.24, 2.45) is 0 Å². The van der Waals surface area contributed by atoms with Crippen LogP contribution in [-0.4, -0.2) is 29.0 Å². The molecule has 0 bridgehead atoms. The Kier molecular flexibility index (Phi) is 4.59. The summed E-state index contributed by atoms with van der Waals surface area (Å²) in [5.41, 5.74) is -3.44. The highest BCUT2D eigenvalue weighted by atomic mass is 19.3. The maximum Gasteiger partial charge on any atom is 0.349 e. The number of carbonyl (C=O) groups excluding carboxylic acids is 1. The first-order valence-corrected chi connectivity index (χ1v) is 4.11. The van der Waals surface area contributed by atoms with E-state index in [0.29, 0.717) is 6.42 Å². The van der Waals surface area contributed by atoms with Gasteiger partial charge in [0, 0.05) is 0 Å². The van der Waals surface area contributed by atoms with Crippen LogP contribution in [-0.2, 0) is 9.59 Å². The zero-order valence-electron chi connectivity index (χ0n) is 7.60. The van der Waals surface area contributed by atoms with Crippen LogP contribution in [0.15, 0.2) is 0 Å². The molecule has 0 heterocycles. The van der Waals surface area contributed by atoms with Crippen molar-refractivity contribution in [3.8, 4) is 0 Å². The first kappa shape index (κ1) is 12.9. The summed E-state index contributed by atoms with van der Waals surface area (Å²) in [5, 5.41) is 8.35. The molecule has 0 aromatic heterocycles. The number of Topliss-reactive ketones (excluding diaryl/α,β-unsaturated/α-hetero) is 1. The number of carbonyl (C=O) groups is 2. The van der Waals surface area contributed by atoms with Crippen molar-refractivity contribution in [3.63, 3.8) is 0 Å². The number of carboxylic acid groups (broad SMARTS) is 1. The lowest BCUT2D eigenvalue weighted by molar-refractivity contribution is -0.162. The Bertz CT molecular complexity index is 230. The molecule has 0 saturated carbocycles. The largest absolute Gasteiger partial charge is 0.479 e. The van der Waals surface area contributed by atoms with Crippen LogP contribution in [0.25, 0.3) is 0 Å². The number of alkyl halides is 3. The molecule has 0 aromatic carbocycles. The Labute approximate surface area is 78.9 Å². The minimum atomic E-state index is -3.59. The van der Waals surface area contributed by atoms with Gasteiger partial charge in [-0.25, -0.2) is 18.0 Å². The molecule has 0 aromatic rings. The van der Waals surface area contributed by atoms with Gasteiger partial charge in [0.2, 0.25) is 5.78 Å². The summed E-state index contributed by atoms with van der Waals surface area (Å²) in [6, 6.07) is 0. The number of carboxylic acids is 1. The molecule has 82 valence electrons. The van der Waals surface area contributed by atoms with Crippen LogP contribution >= 0.6 is 0 Å². The van der Waals surface area contributed by atoms with Crippen molar-refractivity contribution in [2.45, 2.75) is 38.3 Å². The summed E-state index contributed by atoms with van der Waals surface area (Å²) < 4.78 is 37.0. The maximum atomic E-state index is 13.3. The van der Waals surface area contributed by atoms with Gasteiger partial charge in [-0.15, -0.1) is 0 Å². The lowest BCUT2D eigenvalue weighted by atomic mass is 9.94. The van der Waals surface area contributed by atoms with Crippen molar-refractivity contribution >= 4 is 11.8 Å². The summed E-state index contributed by atoms with van der Waals surface area (Å²) in [4.78, 5) is 21.0. The second kappa shape index (κ2) is 4.97. The Morgan fingerprint density at radius 1 is 1.43 bits per heavy atom. The van der Waals surface area contributed by atoms with Crippen LogP contribution in [0.1, 0.15) is 26.2 Å². The van der Waals surface area contributed by atoms with Gasteiger partial charge in [-0.1, -0.05) is 13.3 Å². The van der Waals surface area contributed by atoms with E-state index in [9.17, 15) is 22.8 Å². The summed E-state index contributed by atoms with van der Waals surface area (Å²) in [6.07, 6.45) is -3.80. The zero-order chi connectivity index (χ0) is 11.4. The van der Waals surface area contributed by atoms with E-state index in [1.165, 1.54) is 0 Å². The number of hydrogen-bond acceptors (Lipinski definition) is 2. The predicted octanol–water partition coefficient (Wildman–Crippen LogP) is 1.80. The molecule has 6 heteroatoms. The van der Waals surface area contributed by atoms with Crippen molar-refractivity contribution in [1.82, 2.24) is 0 Å². The van der Waals surface area contributed by atoms with Crippen LogP contribution in [0.3, 0.4) is 0 Å². The van der Waals surface area contributed by atoms with Gasteiger partial charge in [0.15, 0.2) is 0 Å². The highest BCUT2D eigenvalue weighted by Gasteiger charge is 2.49. The third-order valence-corrected chi connectivity index (χ3v) is 1.80. The third-order valence-electron chi connectivity index (χ3n) is 1.80. The molecule has 1 unspecified atom stereocenters. The summed E-state index contributed by atoms with van der Waals surface area (Å²) in [7, 11) is 0. The van der Waals surface area contributed by atoms with E-state index >= 15 is 0 Å². The van der Waals surface area contributed by atoms with Gasteiger partial charge in [0.05, 0.1) is 0 Å². The van der Waals surface area contributed by atoms with E-state index in [4.69, 9.17) is 5.11 Å². The van der Waals surface area contributed by atoms with Gasteiger partial charge >= 0.3 is 5.97 Å². The second-order valence-electron chi connectivity index (χ2n) is 2.87. The van der Waals surface area contributed by atoms with E-state index in [0.717, 1.165) is 0 Å². The third kappa shape index (κ3) is 2.71. The minimum absolute atomic E-state index is 0.0707. The molecule has 0 aliphatic rings. The average Bonchev–Trinajstić information content (AvgIpc) is 2.12. The highest BCUT2D eigenvalue weighted by Crippen LogP contribution is 2.24. The fourth-order valence-corrected chi connectivity index (χ4v) is 0.929. The van der Waals surface area contributed by atoms with Gasteiger partial charge in [0.1, 0.15) is 0 Å². The monoisotopic (exact) mass is 212 g/mol. The van der Waals surface area contributed by atoms with E-state index in [1.54, 1.807) is 6.92 Å². The standard InChI is InChI=1S/C8H11F3O3/c1-2-3-4-8(11,7(13)14)5(12)6(9)10/h6H,2-4H2,1H3,(H,13,14). The van der Waals surface area contributed by atoms with Crippen molar-refractivity contribution < 1.29 is 27.9 Å². The minimum Gasteiger partial charge on any atom is -0.479 e. The first-order chi connectivity index (χ1) is 6.36. The first-order valence-electron chi connectivity index (χ1n) is 4.11. The second-order valence-corrected chi connectivity index (χ2v) is 2.87. The molecule has 0 radical (unpaired) electrons. The van der Waals surface area contributed by atoms with Crippen molar-refractivity contribution in [3.05, 3.63) is 0 Å². The number of hydrogen-bond donors (Lipinski definition) is 1. The molecular formula is C8H11F3O3. The van der Waals surface area contributed by atoms with Crippen LogP contribution in [0.2, 0.25) is 0 Å².